The summed E-state index contributed by atoms with van der Waals surface area (Å²) in [7, 11) is 0. The minimum Gasteiger partial charge on any atom is -0.320 e. The molecule has 0 heterocycles. The molecular formula is C9H7N3O3S. The van der Waals surface area contributed by atoms with E-state index in [2.05, 4.69) is 5.32 Å². The van der Waals surface area contributed by atoms with Crippen LogP contribution in [0.25, 0.3) is 0 Å². The first kappa shape index (κ1) is 12.0. The highest BCUT2D eigenvalue weighted by Crippen LogP contribution is 2.18. The Labute approximate surface area is 95.4 Å². The maximum atomic E-state index is 11.0. The summed E-state index contributed by atoms with van der Waals surface area (Å²) in [6.45, 7) is -0.755. The number of anilines is 1. The number of nitro groups is 1. The number of nitrogens with one attached hydrogen (secondary N) is 1. The lowest BCUT2D eigenvalue weighted by Gasteiger charge is -2.02. The molecule has 0 bridgehead atoms. The van der Waals surface area contributed by atoms with E-state index in [4.69, 9.17) is 5.26 Å². The summed E-state index contributed by atoms with van der Waals surface area (Å²) in [5, 5.41) is 22.7. The summed E-state index contributed by atoms with van der Waals surface area (Å²) >= 11 is 0.998. The maximum Gasteiger partial charge on any atom is 0.296 e. The van der Waals surface area contributed by atoms with Crippen LogP contribution in [-0.2, 0) is 4.79 Å². The monoisotopic (exact) mass is 237 g/mol. The highest BCUT2D eigenvalue weighted by molar-refractivity contribution is 8.03. The molecule has 16 heavy (non-hydrogen) atoms. The largest absolute Gasteiger partial charge is 0.320 e. The van der Waals surface area contributed by atoms with E-state index in [1.54, 1.807) is 24.3 Å². The van der Waals surface area contributed by atoms with Crippen molar-refractivity contribution in [3.63, 3.8) is 0 Å². The molecular weight excluding hydrogens is 230 g/mol. The van der Waals surface area contributed by atoms with Crippen molar-refractivity contribution in [2.75, 3.05) is 11.9 Å². The van der Waals surface area contributed by atoms with Gasteiger partial charge in [-0.2, -0.15) is 5.26 Å². The number of nitrogens with zero attached hydrogens (tertiary/aromatic N) is 2. The van der Waals surface area contributed by atoms with E-state index >= 15 is 0 Å². The average Bonchev–Trinajstić information content (AvgIpc) is 2.20. The molecule has 6 nitrogen and oxygen atoms in total. The lowest BCUT2D eigenvalue weighted by Crippen LogP contribution is -2.21. The Morgan fingerprint density at radius 3 is 2.62 bits per heavy atom. The van der Waals surface area contributed by atoms with Gasteiger partial charge in [0.2, 0.25) is 0 Å². The van der Waals surface area contributed by atoms with Gasteiger partial charge in [-0.15, -0.1) is 0 Å². The number of benzene rings is 1. The van der Waals surface area contributed by atoms with Crippen molar-refractivity contribution in [1.29, 1.82) is 5.26 Å². The van der Waals surface area contributed by atoms with Gasteiger partial charge < -0.3 is 5.32 Å². The highest BCUT2D eigenvalue weighted by atomic mass is 32.2. The van der Waals surface area contributed by atoms with Crippen LogP contribution in [0.15, 0.2) is 29.2 Å². The fraction of sp³-hybridized carbons (Fsp3) is 0.111. The SMILES string of the molecule is N#CSc1ccc(NC(=O)C[N+](=O)[O-])cc1. The summed E-state index contributed by atoms with van der Waals surface area (Å²) < 4.78 is 0. The molecule has 1 rings (SSSR count). The highest BCUT2D eigenvalue weighted by Gasteiger charge is 2.08. The van der Waals surface area contributed by atoms with Gasteiger partial charge in [0, 0.05) is 15.5 Å². The van der Waals surface area contributed by atoms with Crippen molar-refractivity contribution in [2.45, 2.75) is 4.90 Å². The van der Waals surface area contributed by atoms with E-state index in [0.29, 0.717) is 5.69 Å². The molecule has 0 fully saturated rings. The van der Waals surface area contributed by atoms with Crippen LogP contribution in [-0.4, -0.2) is 17.4 Å². The summed E-state index contributed by atoms with van der Waals surface area (Å²) in [6.07, 6.45) is 0. The third-order valence-electron chi connectivity index (χ3n) is 1.57. The lowest BCUT2D eigenvalue weighted by molar-refractivity contribution is -0.467. The smallest absolute Gasteiger partial charge is 0.296 e. The molecule has 0 aliphatic carbocycles. The van der Waals surface area contributed by atoms with Crippen molar-refractivity contribution in [1.82, 2.24) is 0 Å². The fourth-order valence-electron chi connectivity index (χ4n) is 0.977. The number of amides is 1. The van der Waals surface area contributed by atoms with Crippen LogP contribution in [0, 0.1) is 20.8 Å². The number of thioether (sulfide) groups is 1. The molecule has 0 saturated carbocycles. The zero-order chi connectivity index (χ0) is 12.0. The fourth-order valence-corrected chi connectivity index (χ4v) is 1.35. The normalized spacial score (nSPS) is 9.19. The van der Waals surface area contributed by atoms with E-state index in [1.807, 2.05) is 5.40 Å². The Kier molecular flexibility index (Phi) is 4.29. The Morgan fingerprint density at radius 1 is 1.50 bits per heavy atom. The maximum absolute atomic E-state index is 11.0. The van der Waals surface area contributed by atoms with Gasteiger partial charge in [0.05, 0.1) is 0 Å². The van der Waals surface area contributed by atoms with Crippen LogP contribution in [0.3, 0.4) is 0 Å². The van der Waals surface area contributed by atoms with Gasteiger partial charge in [-0.1, -0.05) is 0 Å². The molecule has 82 valence electrons. The molecule has 1 aromatic rings. The first-order valence-corrected chi connectivity index (χ1v) is 5.01. The van der Waals surface area contributed by atoms with Gasteiger partial charge in [-0.3, -0.25) is 14.9 Å². The number of nitriles is 1. The third-order valence-corrected chi connectivity index (χ3v) is 2.17. The van der Waals surface area contributed by atoms with Crippen LogP contribution in [0.1, 0.15) is 0 Å². The zero-order valence-electron chi connectivity index (χ0n) is 8.04. The second kappa shape index (κ2) is 5.72. The van der Waals surface area contributed by atoms with Gasteiger partial charge >= 0.3 is 0 Å². The minimum absolute atomic E-state index is 0.467. The zero-order valence-corrected chi connectivity index (χ0v) is 8.86. The quantitative estimate of drug-likeness (QED) is 0.370. The molecule has 0 aromatic heterocycles. The lowest BCUT2D eigenvalue weighted by atomic mass is 10.3. The molecule has 0 radical (unpaired) electrons. The van der Waals surface area contributed by atoms with Gasteiger partial charge in [0.25, 0.3) is 12.5 Å². The first-order valence-electron chi connectivity index (χ1n) is 4.19. The van der Waals surface area contributed by atoms with Gasteiger partial charge in [-0.25, -0.2) is 0 Å². The molecule has 7 heteroatoms. The number of carbonyl (C=O) groups is 1. The molecule has 1 aromatic carbocycles. The van der Waals surface area contributed by atoms with Gasteiger partial charge in [0.15, 0.2) is 0 Å². The molecule has 0 atom stereocenters. The van der Waals surface area contributed by atoms with E-state index in [-0.39, 0.29) is 0 Å². The second-order valence-electron chi connectivity index (χ2n) is 2.76. The number of carbonyl (C=O) groups excluding carboxylic acids is 1. The van der Waals surface area contributed by atoms with Gasteiger partial charge in [-0.05, 0) is 36.0 Å². The number of hydrogen-bond acceptors (Lipinski definition) is 5. The molecule has 0 spiro atoms. The van der Waals surface area contributed by atoms with Crippen molar-refractivity contribution >= 4 is 23.4 Å². The number of rotatable bonds is 4. The minimum atomic E-state index is -0.755. The van der Waals surface area contributed by atoms with E-state index < -0.39 is 17.4 Å². The molecule has 0 unspecified atom stereocenters. The molecule has 0 aliphatic heterocycles. The Balaban J connectivity index is 2.59. The van der Waals surface area contributed by atoms with Gasteiger partial charge in [0.1, 0.15) is 5.40 Å². The van der Waals surface area contributed by atoms with Crippen LogP contribution in [0.5, 0.6) is 0 Å². The van der Waals surface area contributed by atoms with Crippen molar-refractivity contribution < 1.29 is 9.72 Å². The summed E-state index contributed by atoms with van der Waals surface area (Å²) in [6, 6.07) is 6.46. The van der Waals surface area contributed by atoms with E-state index in [1.165, 1.54) is 0 Å². The predicted octanol–water partition coefficient (Wildman–Crippen LogP) is 1.47. The van der Waals surface area contributed by atoms with E-state index in [9.17, 15) is 14.9 Å². The topological polar surface area (TPSA) is 96.0 Å². The summed E-state index contributed by atoms with van der Waals surface area (Å²) in [4.78, 5) is 21.1. The van der Waals surface area contributed by atoms with Crippen LogP contribution >= 0.6 is 11.8 Å². The average molecular weight is 237 g/mol. The molecule has 1 amide bonds. The van der Waals surface area contributed by atoms with Crippen molar-refractivity contribution in [3.05, 3.63) is 34.4 Å². The molecule has 0 aliphatic rings. The van der Waals surface area contributed by atoms with Crippen molar-refractivity contribution in [2.24, 2.45) is 0 Å². The van der Waals surface area contributed by atoms with Crippen LogP contribution in [0.2, 0.25) is 0 Å². The van der Waals surface area contributed by atoms with Crippen LogP contribution < -0.4 is 5.32 Å². The molecule has 1 N–H and O–H groups in total. The predicted molar refractivity (Wildman–Crippen MR) is 58.4 cm³/mol. The van der Waals surface area contributed by atoms with Crippen LogP contribution in [0.4, 0.5) is 5.69 Å². The standard InChI is InChI=1S/C9H7N3O3S/c10-6-16-8-3-1-7(2-4-8)11-9(13)5-12(14)15/h1-4H,5H2,(H,11,13). The summed E-state index contributed by atoms with van der Waals surface area (Å²) in [5.41, 5.74) is 0.467. The van der Waals surface area contributed by atoms with Crippen molar-refractivity contribution in [3.8, 4) is 5.40 Å². The Hall–Kier alpha value is -2.07. The Bertz CT molecular complexity index is 438. The Morgan fingerprint density at radius 2 is 2.12 bits per heavy atom. The second-order valence-corrected chi connectivity index (χ2v) is 3.61. The third kappa shape index (κ3) is 3.98. The van der Waals surface area contributed by atoms with E-state index in [0.717, 1.165) is 16.7 Å². The number of hydrogen-bond donors (Lipinski definition) is 1. The molecule has 0 saturated heterocycles. The first-order chi connectivity index (χ1) is 7.61. The number of thiocyanates is 1. The summed E-state index contributed by atoms with van der Waals surface area (Å²) in [5.74, 6) is -0.675.